The molecule has 1 atom stereocenters. The molecule has 1 amide bonds. The van der Waals surface area contributed by atoms with E-state index in [0.717, 1.165) is 48.3 Å². The molecule has 162 valence electrons. The Morgan fingerprint density at radius 1 is 1.23 bits per heavy atom. The summed E-state index contributed by atoms with van der Waals surface area (Å²) in [6.45, 7) is 4.65. The fourth-order valence-electron chi connectivity index (χ4n) is 4.09. The SMILES string of the molecule is Cc1noc(-c2cnc(N(C)C)nc2C2CCCN2C(=O)CCc2ccccc2)c1C. The van der Waals surface area contributed by atoms with Crippen molar-refractivity contribution in [3.8, 4) is 11.3 Å². The van der Waals surface area contributed by atoms with Gasteiger partial charge in [-0.25, -0.2) is 9.97 Å². The minimum absolute atomic E-state index is 0.0928. The molecule has 1 aromatic carbocycles. The van der Waals surface area contributed by atoms with Crippen molar-refractivity contribution < 1.29 is 9.32 Å². The number of likely N-dealkylation sites (tertiary alicyclic amines) is 1. The first kappa shape index (κ1) is 21.0. The number of carbonyl (C=O) groups is 1. The van der Waals surface area contributed by atoms with Gasteiger partial charge in [-0.05, 0) is 38.7 Å². The lowest BCUT2D eigenvalue weighted by Gasteiger charge is -2.26. The van der Waals surface area contributed by atoms with Gasteiger partial charge < -0.3 is 14.3 Å². The van der Waals surface area contributed by atoms with E-state index >= 15 is 0 Å². The molecule has 3 heterocycles. The average Bonchev–Trinajstić information content (AvgIpc) is 3.39. The van der Waals surface area contributed by atoms with Crippen LogP contribution in [0.2, 0.25) is 0 Å². The summed E-state index contributed by atoms with van der Waals surface area (Å²) in [5, 5.41) is 4.11. The van der Waals surface area contributed by atoms with Gasteiger partial charge >= 0.3 is 0 Å². The van der Waals surface area contributed by atoms with Crippen LogP contribution in [0.25, 0.3) is 11.3 Å². The Kier molecular flexibility index (Phi) is 6.02. The molecule has 0 spiro atoms. The monoisotopic (exact) mass is 419 g/mol. The number of anilines is 1. The topological polar surface area (TPSA) is 75.4 Å². The summed E-state index contributed by atoms with van der Waals surface area (Å²) >= 11 is 0. The van der Waals surface area contributed by atoms with Crippen molar-refractivity contribution in [2.45, 2.75) is 45.6 Å². The van der Waals surface area contributed by atoms with Crippen LogP contribution in [0.1, 0.15) is 47.8 Å². The summed E-state index contributed by atoms with van der Waals surface area (Å²) in [5.74, 6) is 1.46. The zero-order valence-corrected chi connectivity index (χ0v) is 18.6. The maximum atomic E-state index is 13.2. The van der Waals surface area contributed by atoms with Crippen LogP contribution >= 0.6 is 0 Å². The molecule has 1 saturated heterocycles. The van der Waals surface area contributed by atoms with Crippen LogP contribution in [0.5, 0.6) is 0 Å². The van der Waals surface area contributed by atoms with E-state index in [9.17, 15) is 4.79 Å². The Morgan fingerprint density at radius 3 is 2.68 bits per heavy atom. The van der Waals surface area contributed by atoms with Gasteiger partial charge in [0.25, 0.3) is 0 Å². The predicted molar refractivity (Wildman–Crippen MR) is 120 cm³/mol. The lowest BCUT2D eigenvalue weighted by molar-refractivity contribution is -0.132. The lowest BCUT2D eigenvalue weighted by atomic mass is 10.0. The highest BCUT2D eigenvalue weighted by atomic mass is 16.5. The Bertz CT molecular complexity index is 1060. The van der Waals surface area contributed by atoms with Crippen molar-refractivity contribution in [2.24, 2.45) is 0 Å². The van der Waals surface area contributed by atoms with E-state index < -0.39 is 0 Å². The summed E-state index contributed by atoms with van der Waals surface area (Å²) in [5.41, 5.74) is 4.65. The van der Waals surface area contributed by atoms with Crippen molar-refractivity contribution in [3.05, 3.63) is 59.0 Å². The number of rotatable bonds is 6. The van der Waals surface area contributed by atoms with Gasteiger partial charge in [0.05, 0.1) is 23.0 Å². The molecule has 7 nitrogen and oxygen atoms in total. The third-order valence-electron chi connectivity index (χ3n) is 5.97. The lowest BCUT2D eigenvalue weighted by Crippen LogP contribution is -2.32. The van der Waals surface area contributed by atoms with Gasteiger partial charge in [0.2, 0.25) is 11.9 Å². The Hall–Kier alpha value is -3.22. The normalized spacial score (nSPS) is 16.0. The van der Waals surface area contributed by atoms with Crippen molar-refractivity contribution in [3.63, 3.8) is 0 Å². The van der Waals surface area contributed by atoms with E-state index in [4.69, 9.17) is 9.51 Å². The second-order valence-corrected chi connectivity index (χ2v) is 8.32. The van der Waals surface area contributed by atoms with Crippen LogP contribution < -0.4 is 4.90 Å². The smallest absolute Gasteiger partial charge is 0.225 e. The van der Waals surface area contributed by atoms with E-state index in [1.165, 1.54) is 5.56 Å². The standard InChI is InChI=1S/C24H29N5O2/c1-16-17(2)27-31-23(16)19-15-25-24(28(3)4)26-22(19)20-11-8-14-29(20)21(30)13-12-18-9-6-5-7-10-18/h5-7,9-10,15,20H,8,11-14H2,1-4H3. The molecular formula is C24H29N5O2. The Balaban J connectivity index is 1.65. The summed E-state index contributed by atoms with van der Waals surface area (Å²) in [6, 6.07) is 10.1. The van der Waals surface area contributed by atoms with E-state index in [0.29, 0.717) is 18.1 Å². The second kappa shape index (κ2) is 8.88. The first-order valence-electron chi connectivity index (χ1n) is 10.8. The minimum atomic E-state index is -0.0928. The van der Waals surface area contributed by atoms with Crippen molar-refractivity contribution in [1.29, 1.82) is 0 Å². The Morgan fingerprint density at radius 2 is 2.00 bits per heavy atom. The average molecular weight is 420 g/mol. The highest BCUT2D eigenvalue weighted by molar-refractivity contribution is 5.78. The molecule has 7 heteroatoms. The number of amides is 1. The number of nitrogens with zero attached hydrogens (tertiary/aromatic N) is 5. The van der Waals surface area contributed by atoms with Crippen LogP contribution in [0.15, 0.2) is 41.1 Å². The first-order chi connectivity index (χ1) is 15.0. The number of aromatic nitrogens is 3. The molecular weight excluding hydrogens is 390 g/mol. The van der Waals surface area contributed by atoms with Gasteiger partial charge in [-0.1, -0.05) is 35.5 Å². The highest BCUT2D eigenvalue weighted by Gasteiger charge is 2.34. The van der Waals surface area contributed by atoms with E-state index in [1.54, 1.807) is 6.20 Å². The van der Waals surface area contributed by atoms with Crippen LogP contribution in [0.3, 0.4) is 0 Å². The van der Waals surface area contributed by atoms with Gasteiger partial charge in [0, 0.05) is 38.8 Å². The maximum Gasteiger partial charge on any atom is 0.225 e. The third-order valence-corrected chi connectivity index (χ3v) is 5.97. The molecule has 31 heavy (non-hydrogen) atoms. The van der Waals surface area contributed by atoms with Gasteiger partial charge in [0.1, 0.15) is 0 Å². The molecule has 0 aliphatic carbocycles. The molecule has 1 fully saturated rings. The fourth-order valence-corrected chi connectivity index (χ4v) is 4.09. The van der Waals surface area contributed by atoms with Gasteiger partial charge in [-0.3, -0.25) is 4.79 Å². The van der Waals surface area contributed by atoms with Gasteiger partial charge in [-0.2, -0.15) is 0 Å². The zero-order valence-electron chi connectivity index (χ0n) is 18.6. The van der Waals surface area contributed by atoms with Crippen molar-refractivity contribution >= 4 is 11.9 Å². The van der Waals surface area contributed by atoms with E-state index in [1.807, 2.05) is 55.9 Å². The van der Waals surface area contributed by atoms with Crippen LogP contribution in [-0.4, -0.2) is 46.6 Å². The van der Waals surface area contributed by atoms with Crippen molar-refractivity contribution in [2.75, 3.05) is 25.5 Å². The summed E-state index contributed by atoms with van der Waals surface area (Å²) in [7, 11) is 3.83. The predicted octanol–water partition coefficient (Wildman–Crippen LogP) is 4.11. The summed E-state index contributed by atoms with van der Waals surface area (Å²) < 4.78 is 5.64. The van der Waals surface area contributed by atoms with Crippen molar-refractivity contribution in [1.82, 2.24) is 20.0 Å². The Labute approximate surface area is 183 Å². The largest absolute Gasteiger partial charge is 0.356 e. The molecule has 0 N–H and O–H groups in total. The van der Waals surface area contributed by atoms with Crippen LogP contribution in [-0.2, 0) is 11.2 Å². The summed E-state index contributed by atoms with van der Waals surface area (Å²) in [6.07, 6.45) is 4.86. The van der Waals surface area contributed by atoms with E-state index in [2.05, 4.69) is 22.3 Å². The molecule has 0 bridgehead atoms. The molecule has 3 aromatic rings. The number of hydrogen-bond acceptors (Lipinski definition) is 6. The number of hydrogen-bond donors (Lipinski definition) is 0. The highest BCUT2D eigenvalue weighted by Crippen LogP contribution is 2.38. The maximum absolute atomic E-state index is 13.2. The molecule has 1 aliphatic rings. The molecule has 0 saturated carbocycles. The first-order valence-corrected chi connectivity index (χ1v) is 10.8. The van der Waals surface area contributed by atoms with Gasteiger partial charge in [0.15, 0.2) is 5.76 Å². The molecule has 1 aliphatic heterocycles. The molecule has 2 aromatic heterocycles. The molecule has 0 radical (unpaired) electrons. The second-order valence-electron chi connectivity index (χ2n) is 8.32. The number of carbonyl (C=O) groups excluding carboxylic acids is 1. The quantitative estimate of drug-likeness (QED) is 0.599. The van der Waals surface area contributed by atoms with Crippen LogP contribution in [0.4, 0.5) is 5.95 Å². The molecule has 1 unspecified atom stereocenters. The zero-order chi connectivity index (χ0) is 22.0. The minimum Gasteiger partial charge on any atom is -0.356 e. The third kappa shape index (κ3) is 4.31. The van der Waals surface area contributed by atoms with Gasteiger partial charge in [-0.15, -0.1) is 0 Å². The molecule has 4 rings (SSSR count). The van der Waals surface area contributed by atoms with E-state index in [-0.39, 0.29) is 11.9 Å². The fraction of sp³-hybridized carbons (Fsp3) is 0.417. The number of aryl methyl sites for hydroxylation is 2. The van der Waals surface area contributed by atoms with Crippen LogP contribution in [0, 0.1) is 13.8 Å². The number of benzene rings is 1. The summed E-state index contributed by atoms with van der Waals surface area (Å²) in [4.78, 5) is 26.4.